The lowest BCUT2D eigenvalue weighted by Gasteiger charge is -2.34. The van der Waals surface area contributed by atoms with Crippen molar-refractivity contribution in [3.05, 3.63) is 65.2 Å². The van der Waals surface area contributed by atoms with Crippen molar-refractivity contribution in [1.82, 2.24) is 14.5 Å². The van der Waals surface area contributed by atoms with E-state index in [2.05, 4.69) is 22.3 Å². The highest BCUT2D eigenvalue weighted by molar-refractivity contribution is 7.89. The molecular weight excluding hydrogens is 450 g/mol. The van der Waals surface area contributed by atoms with Gasteiger partial charge in [0.05, 0.1) is 17.6 Å². The molecule has 34 heavy (non-hydrogen) atoms. The Kier molecular flexibility index (Phi) is 8.03. The molecule has 1 unspecified atom stereocenters. The molecule has 0 spiro atoms. The highest BCUT2D eigenvalue weighted by atomic mass is 32.2. The van der Waals surface area contributed by atoms with Gasteiger partial charge >= 0.3 is 0 Å². The number of aryl methyl sites for hydroxylation is 2. The molecule has 4 rings (SSSR count). The second-order valence-corrected chi connectivity index (χ2v) is 11.3. The third-order valence-corrected chi connectivity index (χ3v) is 8.81. The summed E-state index contributed by atoms with van der Waals surface area (Å²) in [4.78, 5) is 15.5. The number of hydrogen-bond donors (Lipinski definition) is 1. The van der Waals surface area contributed by atoms with Gasteiger partial charge in [-0.3, -0.25) is 9.69 Å². The first kappa shape index (κ1) is 24.9. The van der Waals surface area contributed by atoms with Crippen LogP contribution in [-0.4, -0.2) is 69.0 Å². The van der Waals surface area contributed by atoms with Crippen LogP contribution in [0.5, 0.6) is 0 Å². The van der Waals surface area contributed by atoms with Crippen LogP contribution in [-0.2, 0) is 26.1 Å². The highest BCUT2D eigenvalue weighted by Crippen LogP contribution is 2.26. The van der Waals surface area contributed by atoms with Crippen LogP contribution in [0.2, 0.25) is 0 Å². The summed E-state index contributed by atoms with van der Waals surface area (Å²) in [5.41, 5.74) is 3.07. The van der Waals surface area contributed by atoms with E-state index in [1.54, 1.807) is 6.07 Å². The molecule has 8 heteroatoms. The number of morpholine rings is 1. The monoisotopic (exact) mass is 485 g/mol. The Labute approximate surface area is 203 Å². The maximum atomic E-state index is 13.1. The minimum atomic E-state index is -3.54. The minimum Gasteiger partial charge on any atom is -0.374 e. The average molecular weight is 486 g/mol. The van der Waals surface area contributed by atoms with Crippen LogP contribution in [0.1, 0.15) is 29.5 Å². The summed E-state index contributed by atoms with van der Waals surface area (Å²) in [5, 5.41) is 3.05. The molecular formula is C26H35N3O4S. The second kappa shape index (κ2) is 11.0. The van der Waals surface area contributed by atoms with Crippen molar-refractivity contribution < 1.29 is 17.9 Å². The van der Waals surface area contributed by atoms with Crippen LogP contribution in [0.4, 0.5) is 0 Å². The van der Waals surface area contributed by atoms with Crippen molar-refractivity contribution in [2.24, 2.45) is 5.92 Å². The molecule has 0 aromatic heterocycles. The molecule has 2 aromatic carbocycles. The molecule has 7 nitrogen and oxygen atoms in total. The highest BCUT2D eigenvalue weighted by Gasteiger charge is 2.33. The molecule has 2 saturated heterocycles. The van der Waals surface area contributed by atoms with Crippen molar-refractivity contribution in [2.45, 2.75) is 44.2 Å². The molecule has 2 aliphatic rings. The van der Waals surface area contributed by atoms with Crippen LogP contribution in [0.15, 0.2) is 53.4 Å². The molecule has 2 fully saturated rings. The summed E-state index contributed by atoms with van der Waals surface area (Å²) >= 11 is 0. The molecule has 2 aliphatic heterocycles. The van der Waals surface area contributed by atoms with E-state index in [0.29, 0.717) is 44.0 Å². The van der Waals surface area contributed by atoms with E-state index in [4.69, 9.17) is 4.74 Å². The third kappa shape index (κ3) is 6.05. The molecule has 1 atom stereocenters. The summed E-state index contributed by atoms with van der Waals surface area (Å²) in [7, 11) is -3.54. The molecule has 2 heterocycles. The van der Waals surface area contributed by atoms with Gasteiger partial charge in [-0.2, -0.15) is 4.31 Å². The maximum absolute atomic E-state index is 13.1. The maximum Gasteiger partial charge on any atom is 0.243 e. The van der Waals surface area contributed by atoms with Crippen molar-refractivity contribution in [1.29, 1.82) is 0 Å². The molecule has 1 amide bonds. The van der Waals surface area contributed by atoms with Gasteiger partial charge in [0.15, 0.2) is 0 Å². The number of hydrogen-bond acceptors (Lipinski definition) is 5. The number of carbonyl (C=O) groups is 1. The fourth-order valence-electron chi connectivity index (χ4n) is 4.83. The van der Waals surface area contributed by atoms with Crippen molar-refractivity contribution in [3.63, 3.8) is 0 Å². The Morgan fingerprint density at radius 2 is 1.79 bits per heavy atom. The van der Waals surface area contributed by atoms with E-state index in [1.807, 2.05) is 44.2 Å². The minimum absolute atomic E-state index is 0.00709. The zero-order valence-corrected chi connectivity index (χ0v) is 20.9. The number of amides is 1. The summed E-state index contributed by atoms with van der Waals surface area (Å²) < 4.78 is 33.6. The number of benzene rings is 2. The molecule has 0 saturated carbocycles. The van der Waals surface area contributed by atoms with Gasteiger partial charge in [0, 0.05) is 45.2 Å². The number of piperidine rings is 1. The van der Waals surface area contributed by atoms with Gasteiger partial charge in [0.2, 0.25) is 15.9 Å². The van der Waals surface area contributed by atoms with Gasteiger partial charge in [0.25, 0.3) is 0 Å². The number of nitrogens with one attached hydrogen (secondary N) is 1. The predicted octanol–water partition coefficient (Wildman–Crippen LogP) is 2.72. The first-order valence-electron chi connectivity index (χ1n) is 12.1. The van der Waals surface area contributed by atoms with Crippen LogP contribution in [0, 0.1) is 19.8 Å². The van der Waals surface area contributed by atoms with Gasteiger partial charge in [-0.1, -0.05) is 48.0 Å². The van der Waals surface area contributed by atoms with E-state index in [9.17, 15) is 13.2 Å². The first-order valence-corrected chi connectivity index (χ1v) is 13.5. The Balaban J connectivity index is 1.24. The third-order valence-electron chi connectivity index (χ3n) is 6.75. The molecule has 2 aromatic rings. The SMILES string of the molecule is Cc1ccc(S(=O)(=O)N2CCC(C(=O)NCC3CN(Cc4ccccc4)CCO3)CC2)c(C)c1. The van der Waals surface area contributed by atoms with E-state index in [0.717, 1.165) is 30.8 Å². The van der Waals surface area contributed by atoms with Gasteiger partial charge in [-0.15, -0.1) is 0 Å². The van der Waals surface area contributed by atoms with Crippen LogP contribution >= 0.6 is 0 Å². The zero-order chi connectivity index (χ0) is 24.1. The largest absolute Gasteiger partial charge is 0.374 e. The zero-order valence-electron chi connectivity index (χ0n) is 20.1. The van der Waals surface area contributed by atoms with Gasteiger partial charge < -0.3 is 10.1 Å². The Morgan fingerprint density at radius 1 is 1.06 bits per heavy atom. The lowest BCUT2D eigenvalue weighted by Crippen LogP contribution is -2.49. The predicted molar refractivity (Wildman–Crippen MR) is 132 cm³/mol. The van der Waals surface area contributed by atoms with E-state index >= 15 is 0 Å². The number of carbonyl (C=O) groups excluding carboxylic acids is 1. The molecule has 0 radical (unpaired) electrons. The summed E-state index contributed by atoms with van der Waals surface area (Å²) in [6.45, 7) is 8.17. The number of sulfonamides is 1. The van der Waals surface area contributed by atoms with E-state index in [-0.39, 0.29) is 17.9 Å². The van der Waals surface area contributed by atoms with Crippen LogP contribution < -0.4 is 5.32 Å². The van der Waals surface area contributed by atoms with Crippen molar-refractivity contribution in [3.8, 4) is 0 Å². The topological polar surface area (TPSA) is 79.0 Å². The lowest BCUT2D eigenvalue weighted by molar-refractivity contribution is -0.127. The quantitative estimate of drug-likeness (QED) is 0.653. The molecule has 1 N–H and O–H groups in total. The normalized spacial score (nSPS) is 20.8. The molecule has 0 aliphatic carbocycles. The summed E-state index contributed by atoms with van der Waals surface area (Å²) in [6.07, 6.45) is 1.02. The van der Waals surface area contributed by atoms with Gasteiger partial charge in [-0.05, 0) is 43.9 Å². The number of rotatable bonds is 7. The van der Waals surface area contributed by atoms with Crippen LogP contribution in [0.3, 0.4) is 0 Å². The van der Waals surface area contributed by atoms with E-state index < -0.39 is 10.0 Å². The molecule has 184 valence electrons. The Morgan fingerprint density at radius 3 is 2.50 bits per heavy atom. The fraction of sp³-hybridized carbons (Fsp3) is 0.500. The second-order valence-electron chi connectivity index (χ2n) is 9.41. The Bertz CT molecular complexity index is 1080. The standard InChI is InChI=1S/C26H35N3O4S/c1-20-8-9-25(21(2)16-20)34(31,32)29-12-10-23(11-13-29)26(30)27-17-24-19-28(14-15-33-24)18-22-6-4-3-5-7-22/h3-9,16,23-24H,10-15,17-19H2,1-2H3,(H,27,30). The molecule has 0 bridgehead atoms. The van der Waals surface area contributed by atoms with Gasteiger partial charge in [-0.25, -0.2) is 8.42 Å². The fourth-order valence-corrected chi connectivity index (χ4v) is 6.51. The number of ether oxygens (including phenoxy) is 1. The Hall–Kier alpha value is -2.26. The van der Waals surface area contributed by atoms with Gasteiger partial charge in [0.1, 0.15) is 0 Å². The van der Waals surface area contributed by atoms with Crippen molar-refractivity contribution >= 4 is 15.9 Å². The van der Waals surface area contributed by atoms with E-state index in [1.165, 1.54) is 9.87 Å². The lowest BCUT2D eigenvalue weighted by atomic mass is 9.97. The summed E-state index contributed by atoms with van der Waals surface area (Å²) in [5.74, 6) is -0.179. The first-order chi connectivity index (χ1) is 16.3. The average Bonchev–Trinajstić information content (AvgIpc) is 2.83. The van der Waals surface area contributed by atoms with Crippen molar-refractivity contribution in [2.75, 3.05) is 39.3 Å². The smallest absolute Gasteiger partial charge is 0.243 e. The summed E-state index contributed by atoms with van der Waals surface area (Å²) in [6, 6.07) is 15.8. The van der Waals surface area contributed by atoms with Crippen LogP contribution in [0.25, 0.3) is 0 Å². The number of nitrogens with zero attached hydrogens (tertiary/aromatic N) is 2.